The number of fused-ring (bicyclic) bond motifs is 1. The molecule has 3 aromatic heterocycles. The minimum Gasteiger partial charge on any atom is -0.434 e. The van der Waals surface area contributed by atoms with E-state index in [9.17, 15) is 18.4 Å². The van der Waals surface area contributed by atoms with Crippen molar-refractivity contribution in [2.75, 3.05) is 64.1 Å². The van der Waals surface area contributed by atoms with Crippen LogP contribution in [0.25, 0.3) is 16.9 Å². The fourth-order valence-corrected chi connectivity index (χ4v) is 7.05. The summed E-state index contributed by atoms with van der Waals surface area (Å²) >= 11 is 1.42. The average molecular weight is 682 g/mol. The number of amides is 2. The topological polar surface area (TPSA) is 122 Å². The lowest BCUT2D eigenvalue weighted by molar-refractivity contribution is -0.133. The molecule has 48 heavy (non-hydrogen) atoms. The molecule has 2 amide bonds. The summed E-state index contributed by atoms with van der Waals surface area (Å²) in [6.07, 6.45) is 9.82. The van der Waals surface area contributed by atoms with Gasteiger partial charge in [0, 0.05) is 74.4 Å². The van der Waals surface area contributed by atoms with Crippen LogP contribution >= 0.6 is 11.8 Å². The molecule has 4 aromatic rings. The zero-order chi connectivity index (χ0) is 33.2. The van der Waals surface area contributed by atoms with Gasteiger partial charge in [-0.15, -0.1) is 11.8 Å². The molecule has 0 bridgehead atoms. The van der Waals surface area contributed by atoms with Crippen molar-refractivity contribution >= 4 is 34.9 Å². The molecule has 254 valence electrons. The van der Waals surface area contributed by atoms with Gasteiger partial charge in [-0.05, 0) is 43.4 Å². The molecule has 1 N–H and O–H groups in total. The Hall–Kier alpha value is -4.12. The molecule has 16 heteroatoms. The van der Waals surface area contributed by atoms with Gasteiger partial charge < -0.3 is 19.7 Å². The maximum atomic E-state index is 13.5. The number of nitrogens with one attached hydrogen (secondary N) is 1. The van der Waals surface area contributed by atoms with E-state index in [-0.39, 0.29) is 40.7 Å². The molecular weight excluding hydrogens is 644 g/mol. The van der Waals surface area contributed by atoms with Gasteiger partial charge in [-0.3, -0.25) is 24.1 Å². The molecule has 1 aromatic carbocycles. The van der Waals surface area contributed by atoms with Crippen LogP contribution in [0.15, 0.2) is 53.9 Å². The molecular formula is C32H37F2N9O4S. The van der Waals surface area contributed by atoms with E-state index in [2.05, 4.69) is 30.3 Å². The number of thioether (sulfide) groups is 1. The van der Waals surface area contributed by atoms with E-state index < -0.39 is 12.5 Å². The first kappa shape index (κ1) is 32.4. The monoisotopic (exact) mass is 681 g/mol. The van der Waals surface area contributed by atoms with Gasteiger partial charge in [0.1, 0.15) is 23.6 Å². The van der Waals surface area contributed by atoms with E-state index in [0.29, 0.717) is 30.8 Å². The van der Waals surface area contributed by atoms with Crippen LogP contribution in [0.1, 0.15) is 23.2 Å². The Labute approximate surface area is 280 Å². The van der Waals surface area contributed by atoms with Crippen molar-refractivity contribution in [2.45, 2.75) is 43.0 Å². The van der Waals surface area contributed by atoms with E-state index in [4.69, 9.17) is 9.47 Å². The van der Waals surface area contributed by atoms with Gasteiger partial charge in [0.2, 0.25) is 5.91 Å². The van der Waals surface area contributed by atoms with Crippen LogP contribution in [0, 0.1) is 0 Å². The molecule has 0 radical (unpaired) electrons. The second-order valence-electron chi connectivity index (χ2n) is 12.1. The summed E-state index contributed by atoms with van der Waals surface area (Å²) in [4.78, 5) is 39.0. The molecule has 6 heterocycles. The average Bonchev–Trinajstić information content (AvgIpc) is 3.68. The van der Waals surface area contributed by atoms with Crippen LogP contribution in [0.5, 0.6) is 5.75 Å². The Morgan fingerprint density at radius 1 is 1.08 bits per heavy atom. The van der Waals surface area contributed by atoms with Crippen molar-refractivity contribution in [3.63, 3.8) is 0 Å². The van der Waals surface area contributed by atoms with Crippen molar-refractivity contribution in [2.24, 2.45) is 0 Å². The summed E-state index contributed by atoms with van der Waals surface area (Å²) in [6, 6.07) is 7.49. The van der Waals surface area contributed by atoms with Crippen molar-refractivity contribution < 1.29 is 27.8 Å². The van der Waals surface area contributed by atoms with E-state index >= 15 is 0 Å². The van der Waals surface area contributed by atoms with E-state index in [1.807, 2.05) is 11.2 Å². The van der Waals surface area contributed by atoms with Gasteiger partial charge in [-0.1, -0.05) is 0 Å². The summed E-state index contributed by atoms with van der Waals surface area (Å²) in [5, 5.41) is 11.7. The standard InChI is InChI=1S/C32H37F2N9O4S/c1-48-23-3-4-27(47-32(33)34)24(15-23)29-26(37-31(45)25-16-36-43-8-2-7-35-30(25)43)17-42(38-29)18-28(44)41-9-5-21(6-10-41)39-11-13-40(14-12-39)22-19-46-20-22/h2-4,7-8,15-17,21-22,32H,5-6,9-14,18-20H2,1H3,(H,37,45). The largest absolute Gasteiger partial charge is 0.434 e. The Kier molecular flexibility index (Phi) is 9.57. The Balaban J connectivity index is 1.08. The minimum atomic E-state index is -3.07. The number of halogens is 2. The van der Waals surface area contributed by atoms with Gasteiger partial charge in [0.05, 0.1) is 31.1 Å². The normalized spacial score (nSPS) is 18.4. The number of nitrogens with zero attached hydrogens (tertiary/aromatic N) is 8. The highest BCUT2D eigenvalue weighted by Crippen LogP contribution is 2.38. The van der Waals surface area contributed by atoms with E-state index in [1.54, 1.807) is 36.8 Å². The third-order valence-corrected chi connectivity index (χ3v) is 10.0. The zero-order valence-electron chi connectivity index (χ0n) is 26.5. The summed E-state index contributed by atoms with van der Waals surface area (Å²) in [6.45, 7) is 3.95. The molecule has 0 atom stereocenters. The van der Waals surface area contributed by atoms with Crippen LogP contribution in [0.3, 0.4) is 0 Å². The van der Waals surface area contributed by atoms with Crippen LogP contribution in [-0.2, 0) is 16.1 Å². The first-order chi connectivity index (χ1) is 23.4. The van der Waals surface area contributed by atoms with Gasteiger partial charge in [-0.2, -0.15) is 19.0 Å². The van der Waals surface area contributed by atoms with Gasteiger partial charge in [0.25, 0.3) is 5.91 Å². The number of aromatic nitrogens is 5. The number of benzene rings is 1. The van der Waals surface area contributed by atoms with Crippen molar-refractivity contribution in [3.05, 3.63) is 54.6 Å². The number of anilines is 1. The lowest BCUT2D eigenvalue weighted by Crippen LogP contribution is -2.59. The predicted octanol–water partition coefficient (Wildman–Crippen LogP) is 3.18. The van der Waals surface area contributed by atoms with E-state index in [1.165, 1.54) is 33.2 Å². The lowest BCUT2D eigenvalue weighted by atomic mass is 10.0. The highest BCUT2D eigenvalue weighted by atomic mass is 32.2. The number of likely N-dealkylation sites (tertiary alicyclic amines) is 1. The number of carbonyl (C=O) groups is 2. The third kappa shape index (κ3) is 6.88. The fourth-order valence-electron chi connectivity index (χ4n) is 6.61. The quantitative estimate of drug-likeness (QED) is 0.250. The van der Waals surface area contributed by atoms with Gasteiger partial charge >= 0.3 is 6.61 Å². The third-order valence-electron chi connectivity index (χ3n) is 9.31. The van der Waals surface area contributed by atoms with Crippen molar-refractivity contribution in [1.29, 1.82) is 0 Å². The molecule has 13 nitrogen and oxygen atoms in total. The van der Waals surface area contributed by atoms with Gasteiger partial charge in [0.15, 0.2) is 5.65 Å². The number of alkyl halides is 2. The number of rotatable bonds is 10. The lowest BCUT2D eigenvalue weighted by Gasteiger charge is -2.46. The van der Waals surface area contributed by atoms with Gasteiger partial charge in [-0.25, -0.2) is 9.50 Å². The van der Waals surface area contributed by atoms with Crippen LogP contribution < -0.4 is 10.1 Å². The molecule has 3 aliphatic rings. The summed E-state index contributed by atoms with van der Waals surface area (Å²) in [7, 11) is 0. The Morgan fingerprint density at radius 3 is 2.52 bits per heavy atom. The number of piperazine rings is 1. The molecule has 3 aliphatic heterocycles. The molecule has 7 rings (SSSR count). The second kappa shape index (κ2) is 14.2. The smallest absolute Gasteiger partial charge is 0.387 e. The fraction of sp³-hybridized carbons (Fsp3) is 0.469. The summed E-state index contributed by atoms with van der Waals surface area (Å²) in [5.74, 6) is -0.725. The Morgan fingerprint density at radius 2 is 1.83 bits per heavy atom. The number of hydrogen-bond donors (Lipinski definition) is 1. The molecule has 0 saturated carbocycles. The molecule has 3 saturated heterocycles. The highest BCUT2D eigenvalue weighted by Gasteiger charge is 2.33. The number of carbonyl (C=O) groups excluding carboxylic acids is 2. The Bertz CT molecular complexity index is 1770. The zero-order valence-corrected chi connectivity index (χ0v) is 27.3. The SMILES string of the molecule is CSc1ccc(OC(F)F)c(-c2nn(CC(=O)N3CCC(N4CCN(C5COC5)CC4)CC3)cc2NC(=O)c2cnn3cccnc23)c1. The summed E-state index contributed by atoms with van der Waals surface area (Å²) < 4.78 is 40.0. The first-order valence-electron chi connectivity index (χ1n) is 16.0. The number of hydrogen-bond acceptors (Lipinski definition) is 10. The molecule has 0 unspecified atom stereocenters. The van der Waals surface area contributed by atoms with E-state index in [0.717, 1.165) is 57.1 Å². The summed E-state index contributed by atoms with van der Waals surface area (Å²) in [5.41, 5.74) is 1.25. The maximum Gasteiger partial charge on any atom is 0.387 e. The van der Waals surface area contributed by atoms with Crippen molar-refractivity contribution in [1.82, 2.24) is 39.1 Å². The number of piperidine rings is 1. The first-order valence-corrected chi connectivity index (χ1v) is 17.2. The molecule has 0 spiro atoms. The maximum absolute atomic E-state index is 13.5. The second-order valence-corrected chi connectivity index (χ2v) is 13.0. The minimum absolute atomic E-state index is 0.0821. The number of ether oxygens (including phenoxy) is 2. The van der Waals surface area contributed by atoms with Crippen molar-refractivity contribution in [3.8, 4) is 17.0 Å². The molecule has 3 fully saturated rings. The molecule has 0 aliphatic carbocycles. The van der Waals surface area contributed by atoms with Crippen LogP contribution in [-0.4, -0.2) is 128 Å². The van der Waals surface area contributed by atoms with Crippen LogP contribution in [0.2, 0.25) is 0 Å². The predicted molar refractivity (Wildman–Crippen MR) is 174 cm³/mol. The van der Waals surface area contributed by atoms with Crippen LogP contribution in [0.4, 0.5) is 14.5 Å². The highest BCUT2D eigenvalue weighted by molar-refractivity contribution is 7.98.